The number of carbonyl (C=O) groups is 1. The van der Waals surface area contributed by atoms with Crippen molar-refractivity contribution in [3.05, 3.63) is 53.9 Å². The Morgan fingerprint density at radius 3 is 3.00 bits per heavy atom. The summed E-state index contributed by atoms with van der Waals surface area (Å²) in [4.78, 5) is 22.8. The van der Waals surface area contributed by atoms with Crippen LogP contribution in [0, 0.1) is 5.82 Å². The maximum atomic E-state index is 13.8. The number of benzene rings is 1. The number of hydrogen-bond acceptors (Lipinski definition) is 4. The van der Waals surface area contributed by atoms with Crippen molar-refractivity contribution in [1.29, 1.82) is 0 Å². The number of methoxy groups -OCH3 is 1. The van der Waals surface area contributed by atoms with Crippen LogP contribution >= 0.6 is 0 Å². The normalized spacial score (nSPS) is 17.3. The molecule has 6 heteroatoms. The minimum Gasteiger partial charge on any atom is -0.494 e. The average Bonchev–Trinajstić information content (AvgIpc) is 3.05. The lowest BCUT2D eigenvalue weighted by Gasteiger charge is -2.24. The predicted octanol–water partition coefficient (Wildman–Crippen LogP) is 2.53. The predicted molar refractivity (Wildman–Crippen MR) is 82.4 cm³/mol. The molecule has 1 unspecified atom stereocenters. The van der Waals surface area contributed by atoms with Gasteiger partial charge in [0.2, 0.25) is 5.91 Å². The van der Waals surface area contributed by atoms with Crippen LogP contribution in [-0.4, -0.2) is 34.4 Å². The summed E-state index contributed by atoms with van der Waals surface area (Å²) in [5.74, 6) is -0.299. The molecule has 0 N–H and O–H groups in total. The number of nitrogens with zero attached hydrogens (tertiary/aromatic N) is 3. The fourth-order valence-electron chi connectivity index (χ4n) is 2.95. The zero-order chi connectivity index (χ0) is 16.2. The van der Waals surface area contributed by atoms with Crippen molar-refractivity contribution >= 4 is 5.91 Å². The number of hydrogen-bond donors (Lipinski definition) is 0. The van der Waals surface area contributed by atoms with Crippen LogP contribution in [0.1, 0.15) is 30.1 Å². The number of carbonyl (C=O) groups excluding carboxylic acids is 1. The maximum absolute atomic E-state index is 13.8. The third-order valence-electron chi connectivity index (χ3n) is 4.07. The van der Waals surface area contributed by atoms with E-state index in [9.17, 15) is 9.18 Å². The van der Waals surface area contributed by atoms with Gasteiger partial charge < -0.3 is 9.64 Å². The van der Waals surface area contributed by atoms with E-state index in [1.54, 1.807) is 30.7 Å². The molecule has 0 bridgehead atoms. The van der Waals surface area contributed by atoms with Gasteiger partial charge >= 0.3 is 0 Å². The lowest BCUT2D eigenvalue weighted by molar-refractivity contribution is -0.131. The molecule has 1 atom stereocenters. The molecule has 0 saturated carbocycles. The van der Waals surface area contributed by atoms with Gasteiger partial charge in [0.05, 0.1) is 31.5 Å². The first kappa shape index (κ1) is 15.4. The van der Waals surface area contributed by atoms with Crippen molar-refractivity contribution in [2.24, 2.45) is 0 Å². The van der Waals surface area contributed by atoms with Gasteiger partial charge in [0.15, 0.2) is 11.6 Å². The molecule has 1 aromatic carbocycles. The molecule has 23 heavy (non-hydrogen) atoms. The highest BCUT2D eigenvalue weighted by Gasteiger charge is 2.30. The highest BCUT2D eigenvalue weighted by molar-refractivity contribution is 5.79. The Labute approximate surface area is 134 Å². The van der Waals surface area contributed by atoms with Crippen LogP contribution < -0.4 is 4.74 Å². The van der Waals surface area contributed by atoms with E-state index in [1.807, 2.05) is 4.90 Å². The molecule has 0 radical (unpaired) electrons. The van der Waals surface area contributed by atoms with E-state index in [0.29, 0.717) is 12.1 Å². The van der Waals surface area contributed by atoms with Crippen LogP contribution in [0.2, 0.25) is 0 Å². The molecular formula is C17H18FN3O2. The van der Waals surface area contributed by atoms with Gasteiger partial charge in [-0.1, -0.05) is 6.07 Å². The topological polar surface area (TPSA) is 55.3 Å². The molecule has 1 aliphatic rings. The molecule has 2 heterocycles. The molecule has 1 aromatic heterocycles. The van der Waals surface area contributed by atoms with Crippen LogP contribution in [0.3, 0.4) is 0 Å². The summed E-state index contributed by atoms with van der Waals surface area (Å²) >= 11 is 0. The molecule has 1 amide bonds. The number of aromatic nitrogens is 2. The van der Waals surface area contributed by atoms with E-state index in [0.717, 1.165) is 18.5 Å². The van der Waals surface area contributed by atoms with E-state index in [4.69, 9.17) is 4.74 Å². The minimum atomic E-state index is -0.454. The highest BCUT2D eigenvalue weighted by Crippen LogP contribution is 2.31. The average molecular weight is 315 g/mol. The maximum Gasteiger partial charge on any atom is 0.227 e. The van der Waals surface area contributed by atoms with Crippen LogP contribution in [0.15, 0.2) is 36.8 Å². The third-order valence-corrected chi connectivity index (χ3v) is 4.07. The summed E-state index contributed by atoms with van der Waals surface area (Å²) in [5.41, 5.74) is 1.44. The number of rotatable bonds is 4. The SMILES string of the molecule is COc1ccc(CC(=O)N2CCCC2c2cnccn2)cc1F. The van der Waals surface area contributed by atoms with Crippen LogP contribution in [-0.2, 0) is 11.2 Å². The van der Waals surface area contributed by atoms with E-state index < -0.39 is 5.82 Å². The molecule has 2 aromatic rings. The Kier molecular flexibility index (Phi) is 4.50. The fraction of sp³-hybridized carbons (Fsp3) is 0.353. The van der Waals surface area contributed by atoms with E-state index in [2.05, 4.69) is 9.97 Å². The monoisotopic (exact) mass is 315 g/mol. The largest absolute Gasteiger partial charge is 0.494 e. The Morgan fingerprint density at radius 1 is 1.43 bits per heavy atom. The zero-order valence-corrected chi connectivity index (χ0v) is 12.9. The van der Waals surface area contributed by atoms with Gasteiger partial charge in [0.25, 0.3) is 0 Å². The molecule has 5 nitrogen and oxygen atoms in total. The first-order chi connectivity index (χ1) is 11.2. The Morgan fingerprint density at radius 2 is 2.30 bits per heavy atom. The number of halogens is 1. The molecule has 3 rings (SSSR count). The van der Waals surface area contributed by atoms with Gasteiger partial charge in [0.1, 0.15) is 0 Å². The molecule has 120 valence electrons. The minimum absolute atomic E-state index is 0.0253. The summed E-state index contributed by atoms with van der Waals surface area (Å²) in [6, 6.07) is 4.57. The van der Waals surface area contributed by atoms with Crippen molar-refractivity contribution in [1.82, 2.24) is 14.9 Å². The summed E-state index contributed by atoms with van der Waals surface area (Å²) in [7, 11) is 1.42. The lowest BCUT2D eigenvalue weighted by atomic mass is 10.1. The lowest BCUT2D eigenvalue weighted by Crippen LogP contribution is -2.32. The number of likely N-dealkylation sites (tertiary alicyclic amines) is 1. The fourth-order valence-corrected chi connectivity index (χ4v) is 2.95. The Hall–Kier alpha value is -2.50. The van der Waals surface area contributed by atoms with E-state index in [1.165, 1.54) is 13.2 Å². The standard InChI is InChI=1S/C17H18FN3O2/c1-23-16-5-4-12(9-13(16)18)10-17(22)21-8-2-3-15(21)14-11-19-6-7-20-14/h4-7,9,11,15H,2-3,8,10H2,1H3. The Bertz CT molecular complexity index is 693. The molecular weight excluding hydrogens is 297 g/mol. The van der Waals surface area contributed by atoms with E-state index >= 15 is 0 Å². The van der Waals surface area contributed by atoms with Gasteiger partial charge in [0, 0.05) is 18.9 Å². The van der Waals surface area contributed by atoms with Crippen LogP contribution in [0.5, 0.6) is 5.75 Å². The van der Waals surface area contributed by atoms with Crippen molar-refractivity contribution < 1.29 is 13.9 Å². The van der Waals surface area contributed by atoms with Gasteiger partial charge in [-0.15, -0.1) is 0 Å². The summed E-state index contributed by atoms with van der Waals surface area (Å²) in [6.45, 7) is 0.693. The molecule has 1 aliphatic heterocycles. The summed E-state index contributed by atoms with van der Waals surface area (Å²) in [5, 5.41) is 0. The molecule has 1 saturated heterocycles. The van der Waals surface area contributed by atoms with Crippen LogP contribution in [0.25, 0.3) is 0 Å². The zero-order valence-electron chi connectivity index (χ0n) is 12.9. The summed E-state index contributed by atoms with van der Waals surface area (Å²) < 4.78 is 18.6. The second-order valence-corrected chi connectivity index (χ2v) is 5.52. The van der Waals surface area contributed by atoms with Crippen LogP contribution in [0.4, 0.5) is 4.39 Å². The summed E-state index contributed by atoms with van der Waals surface area (Å²) in [6.07, 6.45) is 6.92. The molecule has 1 fully saturated rings. The van der Waals surface area contributed by atoms with Crippen molar-refractivity contribution in [2.45, 2.75) is 25.3 Å². The van der Waals surface area contributed by atoms with Gasteiger partial charge in [-0.05, 0) is 30.5 Å². The number of ether oxygens (including phenoxy) is 1. The number of amides is 1. The van der Waals surface area contributed by atoms with Gasteiger partial charge in [-0.2, -0.15) is 0 Å². The first-order valence-electron chi connectivity index (χ1n) is 7.57. The quantitative estimate of drug-likeness (QED) is 0.870. The second-order valence-electron chi connectivity index (χ2n) is 5.52. The molecule has 0 aliphatic carbocycles. The third kappa shape index (κ3) is 3.31. The van der Waals surface area contributed by atoms with Crippen molar-refractivity contribution in [3.63, 3.8) is 0 Å². The second kappa shape index (κ2) is 6.73. The van der Waals surface area contributed by atoms with E-state index in [-0.39, 0.29) is 24.1 Å². The highest BCUT2D eigenvalue weighted by atomic mass is 19.1. The molecule has 0 spiro atoms. The smallest absolute Gasteiger partial charge is 0.227 e. The van der Waals surface area contributed by atoms with Gasteiger partial charge in [-0.3, -0.25) is 14.8 Å². The van der Waals surface area contributed by atoms with Crippen molar-refractivity contribution in [2.75, 3.05) is 13.7 Å². The Balaban J connectivity index is 1.73. The van der Waals surface area contributed by atoms with Gasteiger partial charge in [-0.25, -0.2) is 4.39 Å². The van der Waals surface area contributed by atoms with Crippen molar-refractivity contribution in [3.8, 4) is 5.75 Å². The first-order valence-corrected chi connectivity index (χ1v) is 7.57.